The van der Waals surface area contributed by atoms with Crippen LogP contribution in [0.15, 0.2) is 91.0 Å². The zero-order chi connectivity index (χ0) is 20.9. The predicted octanol–water partition coefficient (Wildman–Crippen LogP) is 5.94. The maximum Gasteiger partial charge on any atom is 0.699 e. The van der Waals surface area contributed by atoms with Crippen molar-refractivity contribution in [2.45, 2.75) is 32.2 Å². The summed E-state index contributed by atoms with van der Waals surface area (Å²) in [6.07, 6.45) is 3.28. The van der Waals surface area contributed by atoms with Crippen LogP contribution in [0.25, 0.3) is 0 Å². The van der Waals surface area contributed by atoms with Crippen LogP contribution in [-0.4, -0.2) is 21.9 Å². The summed E-state index contributed by atoms with van der Waals surface area (Å²) >= 11 is 0. The van der Waals surface area contributed by atoms with Gasteiger partial charge < -0.3 is 18.6 Å². The fourth-order valence-electron chi connectivity index (χ4n) is 3.08. The van der Waals surface area contributed by atoms with Gasteiger partial charge in [0.25, 0.3) is 0 Å². The lowest BCUT2D eigenvalue weighted by Crippen LogP contribution is -2.55. The van der Waals surface area contributed by atoms with E-state index in [0.717, 1.165) is 36.8 Å². The molecule has 0 saturated heterocycles. The highest BCUT2D eigenvalue weighted by Crippen LogP contribution is 2.27. The van der Waals surface area contributed by atoms with Crippen molar-refractivity contribution >= 4 is 8.80 Å². The van der Waals surface area contributed by atoms with Crippen LogP contribution in [0, 0.1) is 0 Å². The topological polar surface area (TPSA) is 39.7 Å². The molecule has 158 valence electrons. The van der Waals surface area contributed by atoms with E-state index in [1.165, 1.54) is 12.8 Å². The maximum atomic E-state index is 6.50. The molecular formula is C25H31NO3Si. The van der Waals surface area contributed by atoms with Gasteiger partial charge in [0, 0.05) is 0 Å². The van der Waals surface area contributed by atoms with Crippen LogP contribution < -0.4 is 18.6 Å². The van der Waals surface area contributed by atoms with Gasteiger partial charge in [-0.15, -0.1) is 0 Å². The van der Waals surface area contributed by atoms with Gasteiger partial charge in [-0.1, -0.05) is 67.9 Å². The summed E-state index contributed by atoms with van der Waals surface area (Å²) in [5, 5.41) is 3.51. The Balaban J connectivity index is 1.82. The Morgan fingerprint density at radius 2 is 1.00 bits per heavy atom. The smallest absolute Gasteiger partial charge is 0.483 e. The number of para-hydroxylation sites is 3. The lowest BCUT2D eigenvalue weighted by molar-refractivity contribution is 0.258. The third-order valence-electron chi connectivity index (χ3n) is 4.59. The molecule has 3 aromatic carbocycles. The molecule has 1 N–H and O–H groups in total. The summed E-state index contributed by atoms with van der Waals surface area (Å²) < 4.78 is 19.5. The monoisotopic (exact) mass is 421 g/mol. The molecule has 0 radical (unpaired) electrons. The van der Waals surface area contributed by atoms with E-state index in [4.69, 9.17) is 13.3 Å². The van der Waals surface area contributed by atoms with Crippen molar-refractivity contribution in [3.63, 3.8) is 0 Å². The van der Waals surface area contributed by atoms with E-state index in [-0.39, 0.29) is 0 Å². The molecule has 0 aliphatic heterocycles. The highest BCUT2D eigenvalue weighted by molar-refractivity contribution is 6.63. The molecule has 0 bridgehead atoms. The second-order valence-electron chi connectivity index (χ2n) is 7.14. The van der Waals surface area contributed by atoms with E-state index in [2.05, 4.69) is 12.2 Å². The largest absolute Gasteiger partial charge is 0.699 e. The number of rotatable bonds is 13. The number of hydrogen-bond acceptors (Lipinski definition) is 4. The lowest BCUT2D eigenvalue weighted by Gasteiger charge is -2.30. The molecule has 0 unspecified atom stereocenters. The summed E-state index contributed by atoms with van der Waals surface area (Å²) in [4.78, 5) is 0. The van der Waals surface area contributed by atoms with Crippen LogP contribution >= 0.6 is 0 Å². The standard InChI is InChI=1S/C25H31NO3Si/c1-2-3-20-26-21-13-22-30(27-23-14-7-4-8-15-23,28-24-16-9-5-10-17-24)29-25-18-11-6-12-19-25/h4-12,14-19,26H,2-3,13,20-22H2,1H3. The van der Waals surface area contributed by atoms with Gasteiger partial charge in [-0.3, -0.25) is 0 Å². The Morgan fingerprint density at radius 1 is 0.600 bits per heavy atom. The molecule has 0 atom stereocenters. The Hall–Kier alpha value is -2.76. The third-order valence-corrected chi connectivity index (χ3v) is 7.20. The summed E-state index contributed by atoms with van der Waals surface area (Å²) in [6.45, 7) is 4.14. The van der Waals surface area contributed by atoms with Crippen LogP contribution in [0.1, 0.15) is 26.2 Å². The molecule has 3 aromatic rings. The maximum absolute atomic E-state index is 6.50. The highest BCUT2D eigenvalue weighted by Gasteiger charge is 2.48. The first kappa shape index (κ1) is 21.9. The molecule has 0 saturated carbocycles. The molecule has 3 rings (SSSR count). The summed E-state index contributed by atoms with van der Waals surface area (Å²) in [7, 11) is -3.13. The molecule has 0 spiro atoms. The zero-order valence-corrected chi connectivity index (χ0v) is 18.6. The highest BCUT2D eigenvalue weighted by atomic mass is 28.4. The number of benzene rings is 3. The van der Waals surface area contributed by atoms with Gasteiger partial charge in [0.2, 0.25) is 0 Å². The minimum atomic E-state index is -3.13. The number of nitrogens with one attached hydrogen (secondary N) is 1. The van der Waals surface area contributed by atoms with Crippen LogP contribution in [0.4, 0.5) is 0 Å². The van der Waals surface area contributed by atoms with Gasteiger partial charge in [-0.25, -0.2) is 0 Å². The predicted molar refractivity (Wildman–Crippen MR) is 124 cm³/mol. The molecule has 0 aliphatic rings. The molecule has 0 aromatic heterocycles. The van der Waals surface area contributed by atoms with Crippen LogP contribution in [0.3, 0.4) is 0 Å². The van der Waals surface area contributed by atoms with E-state index >= 15 is 0 Å². The average molecular weight is 422 g/mol. The number of unbranched alkanes of at least 4 members (excludes halogenated alkanes) is 1. The van der Waals surface area contributed by atoms with Crippen molar-refractivity contribution in [1.82, 2.24) is 5.32 Å². The Morgan fingerprint density at radius 3 is 1.40 bits per heavy atom. The van der Waals surface area contributed by atoms with Crippen LogP contribution in [0.5, 0.6) is 17.2 Å². The van der Waals surface area contributed by atoms with Crippen molar-refractivity contribution in [2.24, 2.45) is 0 Å². The Labute approximate surface area is 181 Å². The summed E-state index contributed by atoms with van der Waals surface area (Å²) in [5.74, 6) is 2.28. The zero-order valence-electron chi connectivity index (χ0n) is 17.6. The molecule has 0 amide bonds. The first-order valence-corrected chi connectivity index (χ1v) is 12.7. The molecular weight excluding hydrogens is 390 g/mol. The van der Waals surface area contributed by atoms with Gasteiger partial charge in [0.05, 0.1) is 6.04 Å². The first-order valence-electron chi connectivity index (χ1n) is 10.7. The van der Waals surface area contributed by atoms with Gasteiger partial charge in [-0.05, 0) is 62.3 Å². The molecule has 0 fully saturated rings. The Bertz CT molecular complexity index is 729. The van der Waals surface area contributed by atoms with Gasteiger partial charge in [0.1, 0.15) is 17.2 Å². The fraction of sp³-hybridized carbons (Fsp3) is 0.280. The second kappa shape index (κ2) is 12.1. The lowest BCUT2D eigenvalue weighted by atomic mass is 10.3. The summed E-state index contributed by atoms with van der Waals surface area (Å²) in [6, 6.07) is 30.1. The van der Waals surface area contributed by atoms with Crippen molar-refractivity contribution in [3.05, 3.63) is 91.0 Å². The second-order valence-corrected chi connectivity index (χ2v) is 9.61. The van der Waals surface area contributed by atoms with Crippen LogP contribution in [0.2, 0.25) is 6.04 Å². The van der Waals surface area contributed by atoms with Gasteiger partial charge >= 0.3 is 8.80 Å². The fourth-order valence-corrected chi connectivity index (χ4v) is 5.60. The minimum absolute atomic E-state index is 0.699. The average Bonchev–Trinajstić information content (AvgIpc) is 2.78. The van der Waals surface area contributed by atoms with Gasteiger partial charge in [0.15, 0.2) is 0 Å². The SMILES string of the molecule is CCCCNCCC[Si](Oc1ccccc1)(Oc1ccccc1)Oc1ccccc1. The van der Waals surface area contributed by atoms with Gasteiger partial charge in [-0.2, -0.15) is 0 Å². The quantitative estimate of drug-likeness (QED) is 0.274. The van der Waals surface area contributed by atoms with Crippen molar-refractivity contribution < 1.29 is 13.3 Å². The normalized spacial score (nSPS) is 11.1. The number of hydrogen-bond donors (Lipinski definition) is 1. The Kier molecular flexibility index (Phi) is 8.81. The van der Waals surface area contributed by atoms with E-state index in [0.29, 0.717) is 6.04 Å². The molecule has 4 nitrogen and oxygen atoms in total. The van der Waals surface area contributed by atoms with Crippen molar-refractivity contribution in [2.75, 3.05) is 13.1 Å². The molecule has 0 heterocycles. The van der Waals surface area contributed by atoms with E-state index in [9.17, 15) is 0 Å². The summed E-state index contributed by atoms with van der Waals surface area (Å²) in [5.41, 5.74) is 0. The molecule has 30 heavy (non-hydrogen) atoms. The third kappa shape index (κ3) is 7.24. The van der Waals surface area contributed by atoms with Crippen LogP contribution in [-0.2, 0) is 0 Å². The molecule has 5 heteroatoms. The van der Waals surface area contributed by atoms with Crippen molar-refractivity contribution in [3.8, 4) is 17.2 Å². The molecule has 0 aliphatic carbocycles. The van der Waals surface area contributed by atoms with Crippen molar-refractivity contribution in [1.29, 1.82) is 0 Å². The first-order chi connectivity index (χ1) is 14.8. The van der Waals surface area contributed by atoms with E-state index < -0.39 is 8.80 Å². The van der Waals surface area contributed by atoms with E-state index in [1.807, 2.05) is 91.0 Å². The van der Waals surface area contributed by atoms with E-state index in [1.54, 1.807) is 0 Å². The minimum Gasteiger partial charge on any atom is -0.483 e.